The van der Waals surface area contributed by atoms with E-state index < -0.39 is 9.84 Å². The second-order valence-electron chi connectivity index (χ2n) is 5.39. The number of nitrogens with one attached hydrogen (secondary N) is 1. The Morgan fingerprint density at radius 2 is 1.95 bits per heavy atom. The van der Waals surface area contributed by atoms with Gasteiger partial charge in [0.1, 0.15) is 9.84 Å². The van der Waals surface area contributed by atoms with Gasteiger partial charge in [-0.3, -0.25) is 4.68 Å². The SMILES string of the molecule is Cc1nn(CCCS(C)(=O)=O)c(C)c1CNC(C)C. The topological polar surface area (TPSA) is 64.0 Å². The van der Waals surface area contributed by atoms with E-state index >= 15 is 0 Å². The number of aryl methyl sites for hydroxylation is 2. The molecule has 6 heteroatoms. The van der Waals surface area contributed by atoms with Gasteiger partial charge in [0.25, 0.3) is 0 Å². The van der Waals surface area contributed by atoms with Crippen molar-refractivity contribution >= 4 is 9.84 Å². The third-order valence-electron chi connectivity index (χ3n) is 3.10. The monoisotopic (exact) mass is 287 g/mol. The molecule has 0 amide bonds. The number of rotatable bonds is 7. The molecule has 1 aromatic heterocycles. The van der Waals surface area contributed by atoms with Crippen molar-refractivity contribution in [3.8, 4) is 0 Å². The molecule has 0 fully saturated rings. The molecule has 1 heterocycles. The van der Waals surface area contributed by atoms with Crippen LogP contribution in [0.1, 0.15) is 37.2 Å². The summed E-state index contributed by atoms with van der Waals surface area (Å²) in [7, 11) is -2.89. The maximum atomic E-state index is 11.1. The molecule has 0 saturated heterocycles. The third kappa shape index (κ3) is 5.32. The lowest BCUT2D eigenvalue weighted by Gasteiger charge is -2.09. The van der Waals surface area contributed by atoms with Crippen LogP contribution in [0, 0.1) is 13.8 Å². The van der Waals surface area contributed by atoms with E-state index in [0.29, 0.717) is 19.0 Å². The fourth-order valence-corrected chi connectivity index (χ4v) is 2.64. The molecule has 0 radical (unpaired) electrons. The molecule has 1 N–H and O–H groups in total. The molecular weight excluding hydrogens is 262 g/mol. The molecule has 0 aromatic carbocycles. The normalized spacial score (nSPS) is 12.3. The van der Waals surface area contributed by atoms with E-state index in [0.717, 1.165) is 17.9 Å². The molecule has 1 rings (SSSR count). The van der Waals surface area contributed by atoms with Gasteiger partial charge in [-0.1, -0.05) is 13.8 Å². The summed E-state index contributed by atoms with van der Waals surface area (Å²) < 4.78 is 24.1. The summed E-state index contributed by atoms with van der Waals surface area (Å²) in [6.07, 6.45) is 1.88. The summed E-state index contributed by atoms with van der Waals surface area (Å²) in [5.41, 5.74) is 3.36. The van der Waals surface area contributed by atoms with Gasteiger partial charge in [0.05, 0.1) is 11.4 Å². The molecule has 19 heavy (non-hydrogen) atoms. The van der Waals surface area contributed by atoms with E-state index in [1.165, 1.54) is 11.8 Å². The first kappa shape index (κ1) is 16.2. The molecule has 0 bridgehead atoms. The molecule has 0 aliphatic carbocycles. The molecule has 0 spiro atoms. The number of sulfone groups is 1. The summed E-state index contributed by atoms with van der Waals surface area (Å²) >= 11 is 0. The highest BCUT2D eigenvalue weighted by Gasteiger charge is 2.12. The van der Waals surface area contributed by atoms with Crippen LogP contribution in [0.4, 0.5) is 0 Å². The van der Waals surface area contributed by atoms with Crippen LogP contribution < -0.4 is 5.32 Å². The number of hydrogen-bond acceptors (Lipinski definition) is 4. The molecule has 0 atom stereocenters. The number of hydrogen-bond donors (Lipinski definition) is 1. The molecule has 0 saturated carbocycles. The Bertz CT molecular complexity index is 518. The van der Waals surface area contributed by atoms with Gasteiger partial charge in [-0.05, 0) is 20.3 Å². The molecule has 0 unspecified atom stereocenters. The largest absolute Gasteiger partial charge is 0.310 e. The van der Waals surface area contributed by atoms with E-state index in [4.69, 9.17) is 0 Å². The first-order chi connectivity index (χ1) is 8.70. The first-order valence-electron chi connectivity index (χ1n) is 6.64. The number of aromatic nitrogens is 2. The van der Waals surface area contributed by atoms with E-state index in [-0.39, 0.29) is 5.75 Å². The summed E-state index contributed by atoms with van der Waals surface area (Å²) in [6.45, 7) is 9.72. The van der Waals surface area contributed by atoms with Crippen molar-refractivity contribution in [1.29, 1.82) is 0 Å². The van der Waals surface area contributed by atoms with Gasteiger partial charge in [-0.2, -0.15) is 5.10 Å². The van der Waals surface area contributed by atoms with Crippen molar-refractivity contribution in [3.05, 3.63) is 17.0 Å². The van der Waals surface area contributed by atoms with Crippen LogP contribution >= 0.6 is 0 Å². The fourth-order valence-electron chi connectivity index (χ4n) is 1.99. The second kappa shape index (κ2) is 6.52. The molecule has 1 aromatic rings. The Labute approximate surface area is 116 Å². The smallest absolute Gasteiger partial charge is 0.147 e. The molecule has 0 aliphatic rings. The van der Waals surface area contributed by atoms with Gasteiger partial charge in [0.15, 0.2) is 0 Å². The van der Waals surface area contributed by atoms with Crippen molar-refractivity contribution in [2.24, 2.45) is 0 Å². The Balaban J connectivity index is 2.68. The molecule has 0 aliphatic heterocycles. The zero-order valence-corrected chi connectivity index (χ0v) is 13.3. The van der Waals surface area contributed by atoms with Crippen LogP contribution in [0.5, 0.6) is 0 Å². The quantitative estimate of drug-likeness (QED) is 0.824. The van der Waals surface area contributed by atoms with Gasteiger partial charge < -0.3 is 5.32 Å². The van der Waals surface area contributed by atoms with E-state index in [2.05, 4.69) is 24.3 Å². The van der Waals surface area contributed by atoms with E-state index in [1.54, 1.807) is 0 Å². The zero-order chi connectivity index (χ0) is 14.6. The van der Waals surface area contributed by atoms with Crippen LogP contribution in [0.25, 0.3) is 0 Å². The highest BCUT2D eigenvalue weighted by atomic mass is 32.2. The fraction of sp³-hybridized carbons (Fsp3) is 0.769. The van der Waals surface area contributed by atoms with Crippen LogP contribution in [0.2, 0.25) is 0 Å². The van der Waals surface area contributed by atoms with Crippen LogP contribution in [-0.2, 0) is 22.9 Å². The van der Waals surface area contributed by atoms with E-state index in [1.807, 2.05) is 18.5 Å². The highest BCUT2D eigenvalue weighted by molar-refractivity contribution is 7.90. The first-order valence-corrected chi connectivity index (χ1v) is 8.70. The van der Waals surface area contributed by atoms with Crippen molar-refractivity contribution in [2.75, 3.05) is 12.0 Å². The van der Waals surface area contributed by atoms with Crippen molar-refractivity contribution < 1.29 is 8.42 Å². The summed E-state index contributed by atoms with van der Waals surface area (Å²) in [6, 6.07) is 0.437. The van der Waals surface area contributed by atoms with Crippen molar-refractivity contribution in [2.45, 2.75) is 53.2 Å². The Morgan fingerprint density at radius 3 is 2.47 bits per heavy atom. The lowest BCUT2D eigenvalue weighted by atomic mass is 10.2. The van der Waals surface area contributed by atoms with Gasteiger partial charge >= 0.3 is 0 Å². The lowest BCUT2D eigenvalue weighted by molar-refractivity contribution is 0.563. The molecule has 5 nitrogen and oxygen atoms in total. The van der Waals surface area contributed by atoms with E-state index in [9.17, 15) is 8.42 Å². The third-order valence-corrected chi connectivity index (χ3v) is 4.13. The average molecular weight is 287 g/mol. The number of nitrogens with zero attached hydrogens (tertiary/aromatic N) is 2. The maximum absolute atomic E-state index is 11.1. The summed E-state index contributed by atoms with van der Waals surface area (Å²) in [5, 5.41) is 7.88. The zero-order valence-electron chi connectivity index (χ0n) is 12.5. The van der Waals surface area contributed by atoms with Gasteiger partial charge in [-0.25, -0.2) is 8.42 Å². The van der Waals surface area contributed by atoms with Gasteiger partial charge in [0, 0.05) is 36.6 Å². The highest BCUT2D eigenvalue weighted by Crippen LogP contribution is 2.13. The van der Waals surface area contributed by atoms with Crippen molar-refractivity contribution in [1.82, 2.24) is 15.1 Å². The molecular formula is C13H25N3O2S. The van der Waals surface area contributed by atoms with Crippen LogP contribution in [-0.4, -0.2) is 36.2 Å². The summed E-state index contributed by atoms with van der Waals surface area (Å²) in [4.78, 5) is 0. The lowest BCUT2D eigenvalue weighted by Crippen LogP contribution is -2.22. The Hall–Kier alpha value is -0.880. The van der Waals surface area contributed by atoms with Gasteiger partial charge in [0.2, 0.25) is 0 Å². The summed E-state index contributed by atoms with van der Waals surface area (Å²) in [5.74, 6) is 0.213. The Kier molecular flexibility index (Phi) is 5.55. The average Bonchev–Trinajstić information content (AvgIpc) is 2.50. The van der Waals surface area contributed by atoms with Gasteiger partial charge in [-0.15, -0.1) is 0 Å². The van der Waals surface area contributed by atoms with Crippen molar-refractivity contribution in [3.63, 3.8) is 0 Å². The van der Waals surface area contributed by atoms with Crippen LogP contribution in [0.15, 0.2) is 0 Å². The van der Waals surface area contributed by atoms with Crippen LogP contribution in [0.3, 0.4) is 0 Å². The minimum absolute atomic E-state index is 0.213. The predicted molar refractivity (Wildman–Crippen MR) is 78.0 cm³/mol. The minimum Gasteiger partial charge on any atom is -0.310 e. The Morgan fingerprint density at radius 1 is 1.32 bits per heavy atom. The minimum atomic E-state index is -2.89. The second-order valence-corrected chi connectivity index (χ2v) is 7.65. The maximum Gasteiger partial charge on any atom is 0.147 e. The molecule has 110 valence electrons. The standard InChI is InChI=1S/C13H25N3O2S/c1-10(2)14-9-13-11(3)15-16(12(13)4)7-6-8-19(5,17)18/h10,14H,6-9H2,1-5H3. The predicted octanol–water partition coefficient (Wildman–Crippen LogP) is 1.43.